The number of rotatable bonds is 4. The molecule has 1 aliphatic heterocycles. The van der Waals surface area contributed by atoms with Gasteiger partial charge in [-0.3, -0.25) is 0 Å². The maximum absolute atomic E-state index is 12.6. The average Bonchev–Trinajstić information content (AvgIpc) is 2.70. The lowest BCUT2D eigenvalue weighted by atomic mass is 9.97. The predicted molar refractivity (Wildman–Crippen MR) is 75.7 cm³/mol. The zero-order chi connectivity index (χ0) is 14.1. The second-order valence-corrected chi connectivity index (χ2v) is 7.78. The molecule has 2 rings (SSSR count). The Hall–Kier alpha value is -0.470. The van der Waals surface area contributed by atoms with Crippen LogP contribution in [0.5, 0.6) is 0 Å². The van der Waals surface area contributed by atoms with E-state index in [2.05, 4.69) is 4.72 Å². The van der Waals surface area contributed by atoms with Crippen molar-refractivity contribution in [1.82, 2.24) is 4.72 Å². The minimum Gasteiger partial charge on any atom is -0.380 e. The minimum absolute atomic E-state index is 0.238. The van der Waals surface area contributed by atoms with Gasteiger partial charge < -0.3 is 10.5 Å². The van der Waals surface area contributed by atoms with Crippen molar-refractivity contribution in [2.45, 2.75) is 43.7 Å². The SMILES string of the molecule is Cc1csc(CN)c1S(=O)(=O)NC1(C)CCCOC1. The Labute approximate surface area is 118 Å². The van der Waals surface area contributed by atoms with Crippen molar-refractivity contribution in [3.8, 4) is 0 Å². The first-order valence-corrected chi connectivity index (χ1v) is 8.63. The highest BCUT2D eigenvalue weighted by molar-refractivity contribution is 7.89. The number of sulfonamides is 1. The van der Waals surface area contributed by atoms with Gasteiger partial charge in [0.2, 0.25) is 10.0 Å². The highest BCUT2D eigenvalue weighted by Crippen LogP contribution is 2.29. The van der Waals surface area contributed by atoms with Gasteiger partial charge in [-0.1, -0.05) is 0 Å². The summed E-state index contributed by atoms with van der Waals surface area (Å²) in [5, 5.41) is 1.83. The standard InChI is InChI=1S/C12H20N2O3S2/c1-9-7-18-10(6-13)11(9)19(15,16)14-12(2)4-3-5-17-8-12/h7,14H,3-6,8,13H2,1-2H3. The van der Waals surface area contributed by atoms with E-state index in [0.717, 1.165) is 18.4 Å². The van der Waals surface area contributed by atoms with E-state index >= 15 is 0 Å². The van der Waals surface area contributed by atoms with Gasteiger partial charge in [0.15, 0.2) is 0 Å². The summed E-state index contributed by atoms with van der Waals surface area (Å²) in [5.41, 5.74) is 5.84. The zero-order valence-electron chi connectivity index (χ0n) is 11.2. The molecular formula is C12H20N2O3S2. The summed E-state index contributed by atoms with van der Waals surface area (Å²) in [6.45, 7) is 5.02. The van der Waals surface area contributed by atoms with E-state index in [0.29, 0.717) is 23.0 Å². The van der Waals surface area contributed by atoms with Gasteiger partial charge in [-0.05, 0) is 37.6 Å². The van der Waals surface area contributed by atoms with Crippen LogP contribution >= 0.6 is 11.3 Å². The molecule has 2 heterocycles. The first-order valence-electron chi connectivity index (χ1n) is 6.27. The molecule has 1 saturated heterocycles. The molecule has 7 heteroatoms. The van der Waals surface area contributed by atoms with Crippen LogP contribution in [0.1, 0.15) is 30.2 Å². The van der Waals surface area contributed by atoms with Gasteiger partial charge >= 0.3 is 0 Å². The fourth-order valence-corrected chi connectivity index (χ4v) is 5.51. The van der Waals surface area contributed by atoms with Crippen molar-refractivity contribution in [1.29, 1.82) is 0 Å². The van der Waals surface area contributed by atoms with Gasteiger partial charge in [0.25, 0.3) is 0 Å². The Morgan fingerprint density at radius 1 is 1.58 bits per heavy atom. The van der Waals surface area contributed by atoms with E-state index in [1.165, 1.54) is 11.3 Å². The van der Waals surface area contributed by atoms with E-state index in [4.69, 9.17) is 10.5 Å². The molecule has 0 aliphatic carbocycles. The van der Waals surface area contributed by atoms with Crippen molar-refractivity contribution in [2.24, 2.45) is 5.73 Å². The first-order chi connectivity index (χ1) is 8.88. The van der Waals surface area contributed by atoms with Crippen LogP contribution in [0.2, 0.25) is 0 Å². The van der Waals surface area contributed by atoms with E-state index in [9.17, 15) is 8.42 Å². The molecule has 3 N–H and O–H groups in total. The maximum atomic E-state index is 12.6. The highest BCUT2D eigenvalue weighted by Gasteiger charge is 2.34. The molecule has 0 amide bonds. The Kier molecular flexibility index (Phi) is 4.32. The molecular weight excluding hydrogens is 284 g/mol. The molecule has 5 nitrogen and oxygen atoms in total. The third-order valence-corrected chi connectivity index (χ3v) is 6.39. The number of hydrogen-bond acceptors (Lipinski definition) is 5. The van der Waals surface area contributed by atoms with E-state index in [1.807, 2.05) is 12.3 Å². The molecule has 1 unspecified atom stereocenters. The summed E-state index contributed by atoms with van der Waals surface area (Å²) in [4.78, 5) is 1.04. The molecule has 1 aliphatic rings. The van der Waals surface area contributed by atoms with Crippen LogP contribution in [-0.4, -0.2) is 27.2 Å². The molecule has 0 radical (unpaired) electrons. The lowest BCUT2D eigenvalue weighted by molar-refractivity contribution is 0.0386. The van der Waals surface area contributed by atoms with Crippen LogP contribution in [0.3, 0.4) is 0 Å². The Morgan fingerprint density at radius 3 is 2.89 bits per heavy atom. The number of nitrogens with one attached hydrogen (secondary N) is 1. The highest BCUT2D eigenvalue weighted by atomic mass is 32.2. The van der Waals surface area contributed by atoms with Crippen molar-refractivity contribution in [3.63, 3.8) is 0 Å². The maximum Gasteiger partial charge on any atom is 0.242 e. The Morgan fingerprint density at radius 2 is 2.32 bits per heavy atom. The van der Waals surface area contributed by atoms with Gasteiger partial charge in [0.05, 0.1) is 12.1 Å². The predicted octanol–water partition coefficient (Wildman–Crippen LogP) is 1.36. The van der Waals surface area contributed by atoms with E-state index < -0.39 is 15.6 Å². The molecule has 1 aromatic heterocycles. The monoisotopic (exact) mass is 304 g/mol. The van der Waals surface area contributed by atoms with Crippen LogP contribution in [0.25, 0.3) is 0 Å². The summed E-state index contributed by atoms with van der Waals surface area (Å²) in [6.07, 6.45) is 1.65. The van der Waals surface area contributed by atoms with Crippen LogP contribution < -0.4 is 10.5 Å². The second-order valence-electron chi connectivity index (χ2n) is 5.20. The summed E-state index contributed by atoms with van der Waals surface area (Å²) in [7, 11) is -3.55. The van der Waals surface area contributed by atoms with Gasteiger partial charge in [-0.25, -0.2) is 13.1 Å². The molecule has 0 bridgehead atoms. The van der Waals surface area contributed by atoms with Crippen LogP contribution in [-0.2, 0) is 21.3 Å². The smallest absolute Gasteiger partial charge is 0.242 e. The minimum atomic E-state index is -3.55. The van der Waals surface area contributed by atoms with Gasteiger partial charge in [0, 0.05) is 18.0 Å². The van der Waals surface area contributed by atoms with E-state index in [-0.39, 0.29) is 6.54 Å². The Balaban J connectivity index is 2.29. The summed E-state index contributed by atoms with van der Waals surface area (Å²) in [6, 6.07) is 0. The number of ether oxygens (including phenoxy) is 1. The molecule has 108 valence electrons. The second kappa shape index (κ2) is 5.49. The molecule has 0 aromatic carbocycles. The third-order valence-electron chi connectivity index (χ3n) is 3.26. The fraction of sp³-hybridized carbons (Fsp3) is 0.667. The fourth-order valence-electron chi connectivity index (χ4n) is 2.38. The molecule has 1 atom stereocenters. The topological polar surface area (TPSA) is 81.4 Å². The summed E-state index contributed by atoms with van der Waals surface area (Å²) < 4.78 is 33.3. The van der Waals surface area contributed by atoms with Crippen LogP contribution in [0, 0.1) is 6.92 Å². The molecule has 0 spiro atoms. The third kappa shape index (κ3) is 3.17. The lowest BCUT2D eigenvalue weighted by Crippen LogP contribution is -2.51. The zero-order valence-corrected chi connectivity index (χ0v) is 12.9. The molecule has 19 heavy (non-hydrogen) atoms. The average molecular weight is 304 g/mol. The van der Waals surface area contributed by atoms with Crippen LogP contribution in [0.4, 0.5) is 0 Å². The first kappa shape index (κ1) is 14.9. The number of aryl methyl sites for hydroxylation is 1. The van der Waals surface area contributed by atoms with Gasteiger partial charge in [0.1, 0.15) is 4.90 Å². The lowest BCUT2D eigenvalue weighted by Gasteiger charge is -2.34. The van der Waals surface area contributed by atoms with Gasteiger partial charge in [-0.15, -0.1) is 11.3 Å². The molecule has 0 saturated carbocycles. The van der Waals surface area contributed by atoms with Gasteiger partial charge in [-0.2, -0.15) is 0 Å². The quantitative estimate of drug-likeness (QED) is 0.880. The van der Waals surface area contributed by atoms with Crippen molar-refractivity contribution in [2.75, 3.05) is 13.2 Å². The normalized spacial score (nSPS) is 24.6. The molecule has 1 aromatic rings. The number of thiophene rings is 1. The largest absolute Gasteiger partial charge is 0.380 e. The summed E-state index contributed by atoms with van der Waals surface area (Å²) in [5.74, 6) is 0. The number of hydrogen-bond donors (Lipinski definition) is 2. The van der Waals surface area contributed by atoms with Crippen molar-refractivity contribution >= 4 is 21.4 Å². The number of nitrogens with two attached hydrogens (primary N) is 1. The summed E-state index contributed by atoms with van der Waals surface area (Å²) >= 11 is 1.39. The van der Waals surface area contributed by atoms with E-state index in [1.54, 1.807) is 6.92 Å². The van der Waals surface area contributed by atoms with Crippen molar-refractivity contribution < 1.29 is 13.2 Å². The van der Waals surface area contributed by atoms with Crippen molar-refractivity contribution in [3.05, 3.63) is 15.8 Å². The molecule has 1 fully saturated rings. The Bertz CT molecular complexity index is 545. The van der Waals surface area contributed by atoms with Crippen LogP contribution in [0.15, 0.2) is 10.3 Å².